The van der Waals surface area contributed by atoms with E-state index in [2.05, 4.69) is 0 Å². The van der Waals surface area contributed by atoms with Gasteiger partial charge in [-0.15, -0.1) is 0 Å². The average molecular weight is 222 g/mol. The van der Waals surface area contributed by atoms with E-state index >= 15 is 0 Å². The van der Waals surface area contributed by atoms with Crippen molar-refractivity contribution in [3.63, 3.8) is 0 Å². The highest BCUT2D eigenvalue weighted by molar-refractivity contribution is 7.47. The lowest BCUT2D eigenvalue weighted by atomic mass is 9.81. The van der Waals surface area contributed by atoms with Gasteiger partial charge in [-0.05, 0) is 33.1 Å². The molecule has 1 rings (SSSR count). The maximum absolute atomic E-state index is 11.3. The van der Waals surface area contributed by atoms with Gasteiger partial charge >= 0.3 is 7.82 Å². The van der Waals surface area contributed by atoms with Crippen LogP contribution in [-0.2, 0) is 13.6 Å². The lowest BCUT2D eigenvalue weighted by Gasteiger charge is -2.34. The molecular formula is C9H19O4P. The molecule has 0 spiro atoms. The predicted octanol–water partition coefficient (Wildman–Crippen LogP) is 2.72. The first-order valence-electron chi connectivity index (χ1n) is 4.82. The fourth-order valence-electron chi connectivity index (χ4n) is 1.83. The summed E-state index contributed by atoms with van der Waals surface area (Å²) in [5.41, 5.74) is -1.41. The van der Waals surface area contributed by atoms with E-state index in [1.54, 1.807) is 13.8 Å². The molecule has 0 bridgehead atoms. The molecule has 1 saturated heterocycles. The van der Waals surface area contributed by atoms with Gasteiger partial charge in [0, 0.05) is 0 Å². The molecule has 5 heteroatoms. The molecule has 0 aromatic heterocycles. The van der Waals surface area contributed by atoms with Crippen LogP contribution in [0.1, 0.15) is 41.0 Å². The Labute approximate surface area is 85.2 Å². The summed E-state index contributed by atoms with van der Waals surface area (Å²) in [7, 11) is -3.84. The van der Waals surface area contributed by atoms with Crippen molar-refractivity contribution in [2.24, 2.45) is 5.92 Å². The summed E-state index contributed by atoms with van der Waals surface area (Å²) in [5, 5.41) is 0. The summed E-state index contributed by atoms with van der Waals surface area (Å²) in [4.78, 5) is 9.29. The zero-order valence-corrected chi connectivity index (χ0v) is 10.3. The Hall–Kier alpha value is 0.110. The molecule has 0 amide bonds. The van der Waals surface area contributed by atoms with E-state index in [0.29, 0.717) is 12.3 Å². The third-order valence-electron chi connectivity index (χ3n) is 2.73. The van der Waals surface area contributed by atoms with E-state index in [9.17, 15) is 9.46 Å². The van der Waals surface area contributed by atoms with Gasteiger partial charge in [0.1, 0.15) is 11.2 Å². The van der Waals surface area contributed by atoms with Crippen molar-refractivity contribution in [2.45, 2.75) is 52.2 Å². The maximum atomic E-state index is 11.3. The summed E-state index contributed by atoms with van der Waals surface area (Å²) >= 11 is 0. The monoisotopic (exact) mass is 222 g/mol. The molecule has 0 aliphatic carbocycles. The molecule has 2 unspecified atom stereocenters. The highest BCUT2D eigenvalue weighted by Crippen LogP contribution is 2.62. The Bertz CT molecular complexity index is 274. The fourth-order valence-corrected chi connectivity index (χ4v) is 3.44. The van der Waals surface area contributed by atoms with Crippen LogP contribution in [0.25, 0.3) is 0 Å². The van der Waals surface area contributed by atoms with Gasteiger partial charge in [0.15, 0.2) is 0 Å². The Morgan fingerprint density at radius 2 is 1.79 bits per heavy atom. The zero-order chi connectivity index (χ0) is 11.2. The van der Waals surface area contributed by atoms with Gasteiger partial charge in [0.05, 0.1) is 0 Å². The molecule has 0 aromatic carbocycles. The molecule has 0 radical (unpaired) electrons. The van der Waals surface area contributed by atoms with Gasteiger partial charge in [0.25, 0.3) is 0 Å². The third kappa shape index (κ3) is 2.19. The molecule has 84 valence electrons. The first kappa shape index (κ1) is 12.2. The highest BCUT2D eigenvalue weighted by atomic mass is 31.2. The molecule has 0 saturated carbocycles. The van der Waals surface area contributed by atoms with Crippen LogP contribution in [-0.4, -0.2) is 16.1 Å². The molecule has 1 heterocycles. The van der Waals surface area contributed by atoms with Gasteiger partial charge in [-0.2, -0.15) is 0 Å². The van der Waals surface area contributed by atoms with E-state index in [1.165, 1.54) is 0 Å². The standard InChI is InChI=1S/C9H19O4P/c1-7(2)6-9(5)8(3,4)12-14(10,11)13-9/h7H,6H2,1-5H3,(H,10,11). The molecule has 1 N–H and O–H groups in total. The van der Waals surface area contributed by atoms with Crippen LogP contribution in [0.3, 0.4) is 0 Å². The van der Waals surface area contributed by atoms with Crippen molar-refractivity contribution in [1.82, 2.24) is 0 Å². The summed E-state index contributed by atoms with van der Waals surface area (Å²) in [5.74, 6) is 0.390. The first-order valence-corrected chi connectivity index (χ1v) is 6.32. The lowest BCUT2D eigenvalue weighted by molar-refractivity contribution is -0.0239. The van der Waals surface area contributed by atoms with E-state index in [-0.39, 0.29) is 0 Å². The Morgan fingerprint density at radius 1 is 1.29 bits per heavy atom. The maximum Gasteiger partial charge on any atom is 0.473 e. The Morgan fingerprint density at radius 3 is 2.07 bits per heavy atom. The smallest absolute Gasteiger partial charge is 0.302 e. The first-order chi connectivity index (χ1) is 6.08. The number of hydrogen-bond donors (Lipinski definition) is 1. The number of hydrogen-bond acceptors (Lipinski definition) is 3. The minimum Gasteiger partial charge on any atom is -0.302 e. The molecule has 1 fully saturated rings. The zero-order valence-electron chi connectivity index (χ0n) is 9.40. The molecule has 14 heavy (non-hydrogen) atoms. The van der Waals surface area contributed by atoms with E-state index in [4.69, 9.17) is 9.05 Å². The molecular weight excluding hydrogens is 203 g/mol. The summed E-state index contributed by atoms with van der Waals surface area (Å²) in [6, 6.07) is 0. The van der Waals surface area contributed by atoms with Gasteiger partial charge in [-0.1, -0.05) is 13.8 Å². The second-order valence-corrected chi connectivity index (χ2v) is 6.29. The molecule has 1 aliphatic heterocycles. The molecule has 0 aromatic rings. The van der Waals surface area contributed by atoms with Crippen LogP contribution in [0.5, 0.6) is 0 Å². The summed E-state index contributed by atoms with van der Waals surface area (Å²) in [6.45, 7) is 9.48. The minimum absolute atomic E-state index is 0.390. The van der Waals surface area contributed by atoms with Gasteiger partial charge in [-0.3, -0.25) is 9.05 Å². The van der Waals surface area contributed by atoms with Crippen LogP contribution in [0, 0.1) is 5.92 Å². The number of phosphoric acid groups is 1. The lowest BCUT2D eigenvalue weighted by Crippen LogP contribution is -2.45. The second-order valence-electron chi connectivity index (χ2n) is 4.99. The number of phosphoric ester groups is 1. The molecule has 1 aliphatic rings. The predicted molar refractivity (Wildman–Crippen MR) is 53.9 cm³/mol. The minimum atomic E-state index is -3.84. The third-order valence-corrected chi connectivity index (χ3v) is 4.05. The quantitative estimate of drug-likeness (QED) is 0.730. The van der Waals surface area contributed by atoms with Gasteiger partial charge in [-0.25, -0.2) is 4.57 Å². The van der Waals surface area contributed by atoms with Crippen LogP contribution in [0.15, 0.2) is 0 Å². The van der Waals surface area contributed by atoms with Crippen LogP contribution in [0.4, 0.5) is 0 Å². The van der Waals surface area contributed by atoms with Crippen molar-refractivity contribution in [3.05, 3.63) is 0 Å². The van der Waals surface area contributed by atoms with Crippen molar-refractivity contribution in [3.8, 4) is 0 Å². The van der Waals surface area contributed by atoms with Crippen LogP contribution < -0.4 is 0 Å². The Kier molecular flexibility index (Phi) is 2.88. The second kappa shape index (κ2) is 3.31. The topological polar surface area (TPSA) is 55.8 Å². The van der Waals surface area contributed by atoms with Crippen molar-refractivity contribution >= 4 is 7.82 Å². The van der Waals surface area contributed by atoms with Crippen molar-refractivity contribution < 1.29 is 18.5 Å². The van der Waals surface area contributed by atoms with Crippen LogP contribution in [0.2, 0.25) is 0 Å². The van der Waals surface area contributed by atoms with E-state index in [0.717, 1.165) is 0 Å². The highest BCUT2D eigenvalue weighted by Gasteiger charge is 2.57. The normalized spacial score (nSPS) is 41.9. The van der Waals surface area contributed by atoms with Crippen LogP contribution >= 0.6 is 7.82 Å². The molecule has 4 nitrogen and oxygen atoms in total. The van der Waals surface area contributed by atoms with Gasteiger partial charge in [0.2, 0.25) is 0 Å². The molecule has 2 atom stereocenters. The SMILES string of the molecule is CC(C)CC1(C)OP(=O)(O)OC1(C)C. The summed E-state index contributed by atoms with van der Waals surface area (Å²) < 4.78 is 21.5. The Balaban J connectivity index is 2.93. The van der Waals surface area contributed by atoms with E-state index < -0.39 is 19.0 Å². The van der Waals surface area contributed by atoms with Crippen molar-refractivity contribution in [2.75, 3.05) is 0 Å². The largest absolute Gasteiger partial charge is 0.473 e. The average Bonchev–Trinajstić information content (AvgIpc) is 1.91. The fraction of sp³-hybridized carbons (Fsp3) is 1.00. The van der Waals surface area contributed by atoms with Gasteiger partial charge < -0.3 is 4.89 Å². The number of rotatable bonds is 2. The summed E-state index contributed by atoms with van der Waals surface area (Å²) in [6.07, 6.45) is 0.699. The van der Waals surface area contributed by atoms with Crippen molar-refractivity contribution in [1.29, 1.82) is 0 Å². The van der Waals surface area contributed by atoms with E-state index in [1.807, 2.05) is 20.8 Å².